The van der Waals surface area contributed by atoms with Gasteiger partial charge in [-0.15, -0.1) is 0 Å². The van der Waals surface area contributed by atoms with Crippen LogP contribution in [0.15, 0.2) is 58.4 Å². The Bertz CT molecular complexity index is 1820. The highest BCUT2D eigenvalue weighted by atomic mass is 32.2. The molecule has 0 bridgehead atoms. The highest BCUT2D eigenvalue weighted by Gasteiger charge is 2.38. The number of benzene rings is 3. The number of hydrogen-bond acceptors (Lipinski definition) is 7. The van der Waals surface area contributed by atoms with Gasteiger partial charge in [0.15, 0.2) is 0 Å². The summed E-state index contributed by atoms with van der Waals surface area (Å²) in [6, 6.07) is 14.6. The van der Waals surface area contributed by atoms with Crippen LogP contribution in [0.1, 0.15) is 66.0 Å². The van der Waals surface area contributed by atoms with E-state index in [-0.39, 0.29) is 42.8 Å². The smallest absolute Gasteiger partial charge is 0.407 e. The molecule has 250 valence electrons. The van der Waals surface area contributed by atoms with E-state index in [1.165, 1.54) is 7.05 Å². The van der Waals surface area contributed by atoms with Crippen molar-refractivity contribution in [1.29, 1.82) is 0 Å². The van der Waals surface area contributed by atoms with E-state index in [9.17, 15) is 23.1 Å². The summed E-state index contributed by atoms with van der Waals surface area (Å²) >= 11 is 0. The Kier molecular flexibility index (Phi) is 9.27. The molecule has 47 heavy (non-hydrogen) atoms. The number of guanidine groups is 1. The number of carbonyl (C=O) groups is 2. The number of amides is 1. The van der Waals surface area contributed by atoms with Crippen LogP contribution < -0.4 is 15.8 Å². The molecule has 1 atom stereocenters. The van der Waals surface area contributed by atoms with Gasteiger partial charge in [-0.1, -0.05) is 48.5 Å². The number of alkyl carbamates (subject to hydrolysis) is 1. The fourth-order valence-electron chi connectivity index (χ4n) is 6.52. The maximum absolute atomic E-state index is 13.8. The number of nitrogens with zero attached hydrogens (tertiary/aromatic N) is 2. The van der Waals surface area contributed by atoms with E-state index < -0.39 is 33.7 Å². The van der Waals surface area contributed by atoms with E-state index >= 15 is 0 Å². The van der Waals surface area contributed by atoms with Crippen molar-refractivity contribution in [2.24, 2.45) is 10.7 Å². The van der Waals surface area contributed by atoms with Crippen LogP contribution in [-0.2, 0) is 26.0 Å². The number of nitrogens with two attached hydrogens (primary N) is 1. The molecule has 1 amide bonds. The maximum Gasteiger partial charge on any atom is 0.407 e. The number of ether oxygens (including phenoxy) is 2. The minimum absolute atomic E-state index is 0.0325. The highest BCUT2D eigenvalue weighted by Crippen LogP contribution is 2.45. The first kappa shape index (κ1) is 33.8. The van der Waals surface area contributed by atoms with Gasteiger partial charge in [-0.2, -0.15) is 0 Å². The van der Waals surface area contributed by atoms with E-state index in [0.717, 1.165) is 43.4 Å². The molecule has 0 spiro atoms. The third-order valence-corrected chi connectivity index (χ3v) is 11.1. The van der Waals surface area contributed by atoms with Gasteiger partial charge in [-0.05, 0) is 86.4 Å². The number of fused-ring (bicyclic) bond motifs is 4. The first-order chi connectivity index (χ1) is 22.1. The van der Waals surface area contributed by atoms with Crippen molar-refractivity contribution < 1.29 is 32.6 Å². The summed E-state index contributed by atoms with van der Waals surface area (Å²) in [5, 5.41) is 12.2. The lowest BCUT2D eigenvalue weighted by atomic mass is 9.94. The van der Waals surface area contributed by atoms with Gasteiger partial charge in [-0.25, -0.2) is 22.3 Å². The largest absolute Gasteiger partial charge is 0.487 e. The summed E-state index contributed by atoms with van der Waals surface area (Å²) in [5.41, 5.74) is 12.8. The zero-order valence-corrected chi connectivity index (χ0v) is 28.4. The van der Waals surface area contributed by atoms with E-state index in [2.05, 4.69) is 10.3 Å². The van der Waals surface area contributed by atoms with Crippen molar-refractivity contribution in [2.45, 2.75) is 76.3 Å². The van der Waals surface area contributed by atoms with Crippen LogP contribution in [0.2, 0.25) is 0 Å². The van der Waals surface area contributed by atoms with E-state index in [0.29, 0.717) is 17.5 Å². The molecule has 0 saturated carbocycles. The molecule has 0 fully saturated rings. The predicted molar refractivity (Wildman–Crippen MR) is 179 cm³/mol. The van der Waals surface area contributed by atoms with Crippen LogP contribution in [0, 0.1) is 20.8 Å². The first-order valence-corrected chi connectivity index (χ1v) is 17.0. The van der Waals surface area contributed by atoms with Crippen LogP contribution in [0.25, 0.3) is 11.1 Å². The molecule has 1 aliphatic heterocycles. The molecule has 2 aliphatic rings. The molecule has 12 heteroatoms. The van der Waals surface area contributed by atoms with E-state index in [4.69, 9.17) is 15.2 Å². The van der Waals surface area contributed by atoms with Gasteiger partial charge in [0.1, 0.15) is 24.0 Å². The van der Waals surface area contributed by atoms with Crippen molar-refractivity contribution in [3.63, 3.8) is 0 Å². The van der Waals surface area contributed by atoms with Gasteiger partial charge in [0.05, 0.1) is 4.90 Å². The second-order valence-electron chi connectivity index (χ2n) is 12.8. The zero-order valence-electron chi connectivity index (χ0n) is 27.6. The molecule has 3 aromatic carbocycles. The fraction of sp³-hybridized carbons (Fsp3) is 0.400. The summed E-state index contributed by atoms with van der Waals surface area (Å²) in [6.45, 7) is 9.41. The minimum atomic E-state index is -4.06. The average molecular weight is 663 g/mol. The molecule has 0 saturated heterocycles. The third kappa shape index (κ3) is 6.51. The van der Waals surface area contributed by atoms with Crippen molar-refractivity contribution in [2.75, 3.05) is 20.2 Å². The monoisotopic (exact) mass is 662 g/mol. The summed E-state index contributed by atoms with van der Waals surface area (Å²) in [5.74, 6) is -0.876. The summed E-state index contributed by atoms with van der Waals surface area (Å²) in [4.78, 5) is 29.0. The molecule has 11 nitrogen and oxygen atoms in total. The summed E-state index contributed by atoms with van der Waals surface area (Å²) in [7, 11) is -2.72. The predicted octanol–water partition coefficient (Wildman–Crippen LogP) is 5.03. The number of nitrogens with one attached hydrogen (secondary N) is 1. The molecule has 3 aromatic rings. The Hall–Kier alpha value is -4.58. The Labute approximate surface area is 275 Å². The van der Waals surface area contributed by atoms with Crippen molar-refractivity contribution >= 4 is 28.0 Å². The second-order valence-corrected chi connectivity index (χ2v) is 14.7. The topological polar surface area (TPSA) is 161 Å². The lowest BCUT2D eigenvalue weighted by Gasteiger charge is -2.23. The van der Waals surface area contributed by atoms with Gasteiger partial charge in [0, 0.05) is 31.5 Å². The minimum Gasteiger partial charge on any atom is -0.487 e. The Morgan fingerprint density at radius 3 is 2.26 bits per heavy atom. The highest BCUT2D eigenvalue weighted by molar-refractivity contribution is 7.89. The molecule has 1 heterocycles. The van der Waals surface area contributed by atoms with Crippen LogP contribution >= 0.6 is 0 Å². The van der Waals surface area contributed by atoms with Gasteiger partial charge < -0.3 is 25.6 Å². The number of aliphatic carboxylic acids is 1. The Balaban J connectivity index is 1.18. The van der Waals surface area contributed by atoms with Gasteiger partial charge in [0.2, 0.25) is 5.96 Å². The normalized spacial score (nSPS) is 15.7. The molecule has 0 unspecified atom stereocenters. The van der Waals surface area contributed by atoms with Gasteiger partial charge in [-0.3, -0.25) is 4.99 Å². The lowest BCUT2D eigenvalue weighted by Crippen LogP contribution is -2.41. The maximum atomic E-state index is 13.8. The number of aliphatic imine (C=N–C) groups is 1. The van der Waals surface area contributed by atoms with Crippen LogP contribution in [0.5, 0.6) is 5.75 Å². The standard InChI is InChI=1S/C35H42N4O7S/c1-20-21(2)31(22(3)27-18-35(4,5)46-30(20)27)47(43,44)39(6)33(36)37-17-11-16-29(32(40)41)38-34(42)45-19-28-25-14-9-7-12-23(25)24-13-8-10-15-26(24)28/h7-10,12-15,28-29H,11,16-19H2,1-6H3,(H2,36,37)(H,38,42)(H,40,41)/t29-/m1/s1. The number of carboxylic acids is 1. The molecule has 4 N–H and O–H groups in total. The lowest BCUT2D eigenvalue weighted by molar-refractivity contribution is -0.139. The number of rotatable bonds is 10. The SMILES string of the molecule is Cc1c(C)c(S(=O)(=O)N(C)C(N)=NCCC[C@@H](NC(=O)OCC2c3ccccc3-c3ccccc32)C(=O)O)c(C)c2c1OC(C)(C)C2. The zero-order chi connectivity index (χ0) is 34.3. The average Bonchev–Trinajstić information content (AvgIpc) is 3.53. The van der Waals surface area contributed by atoms with Crippen LogP contribution in [0.4, 0.5) is 4.79 Å². The van der Waals surface area contributed by atoms with Crippen molar-refractivity contribution in [3.8, 4) is 16.9 Å². The van der Waals surface area contributed by atoms with Crippen LogP contribution in [-0.4, -0.2) is 67.7 Å². The quantitative estimate of drug-likeness (QED) is 0.155. The number of sulfonamides is 1. The van der Waals surface area contributed by atoms with E-state index in [1.807, 2.05) is 69.3 Å². The molecular weight excluding hydrogens is 620 g/mol. The molecular formula is C35H42N4O7S. The fourth-order valence-corrected chi connectivity index (χ4v) is 8.15. The summed E-state index contributed by atoms with van der Waals surface area (Å²) in [6.07, 6.45) is -0.000203. The molecule has 5 rings (SSSR count). The van der Waals surface area contributed by atoms with Gasteiger partial charge >= 0.3 is 12.1 Å². The third-order valence-electron chi connectivity index (χ3n) is 9.09. The van der Waals surface area contributed by atoms with Crippen molar-refractivity contribution in [3.05, 3.63) is 81.9 Å². The molecule has 1 aliphatic carbocycles. The summed E-state index contributed by atoms with van der Waals surface area (Å²) < 4.78 is 40.1. The number of hydrogen-bond donors (Lipinski definition) is 3. The number of carboxylic acid groups (broad SMARTS) is 1. The van der Waals surface area contributed by atoms with Crippen molar-refractivity contribution in [1.82, 2.24) is 9.62 Å². The number of carbonyl (C=O) groups excluding carboxylic acids is 1. The Morgan fingerprint density at radius 2 is 1.66 bits per heavy atom. The Morgan fingerprint density at radius 1 is 1.06 bits per heavy atom. The van der Waals surface area contributed by atoms with Crippen LogP contribution in [0.3, 0.4) is 0 Å². The molecule has 0 radical (unpaired) electrons. The first-order valence-electron chi connectivity index (χ1n) is 15.6. The molecule has 0 aromatic heterocycles. The second kappa shape index (κ2) is 12.9. The van der Waals surface area contributed by atoms with Gasteiger partial charge in [0.25, 0.3) is 10.0 Å². The van der Waals surface area contributed by atoms with E-state index in [1.54, 1.807) is 13.8 Å².